The summed E-state index contributed by atoms with van der Waals surface area (Å²) >= 11 is 0. The lowest BCUT2D eigenvalue weighted by Gasteiger charge is -2.44. The van der Waals surface area contributed by atoms with Crippen molar-refractivity contribution in [3.05, 3.63) is 41.1 Å². The molecule has 2 aliphatic rings. The zero-order valence-electron chi connectivity index (χ0n) is 14.7. The van der Waals surface area contributed by atoms with E-state index in [2.05, 4.69) is 35.0 Å². The van der Waals surface area contributed by atoms with Crippen molar-refractivity contribution in [2.45, 2.75) is 58.4 Å². The van der Waals surface area contributed by atoms with Gasteiger partial charge in [-0.1, -0.05) is 24.5 Å². The van der Waals surface area contributed by atoms with E-state index < -0.39 is 0 Å². The zero-order chi connectivity index (χ0) is 16.7. The first-order chi connectivity index (χ1) is 11.6. The highest BCUT2D eigenvalue weighted by atomic mass is 16.2. The summed E-state index contributed by atoms with van der Waals surface area (Å²) in [5.41, 5.74) is 3.83. The Kier molecular flexibility index (Phi) is 4.03. The Hall–Kier alpha value is -1.90. The van der Waals surface area contributed by atoms with E-state index in [-0.39, 0.29) is 5.91 Å². The molecule has 4 rings (SSSR count). The monoisotopic (exact) mass is 322 g/mol. The Labute approximate surface area is 144 Å². The molecule has 3 nitrogen and oxygen atoms in total. The summed E-state index contributed by atoms with van der Waals surface area (Å²) in [4.78, 5) is 20.1. The number of hydrogen-bond donors (Lipinski definition) is 0. The number of aromatic nitrogens is 1. The first-order valence-electron chi connectivity index (χ1n) is 9.32. The SMILES string of the molecule is Cc1ccc2nc(C)c(C(=O)N3CCCC4CCCCC43)cc2c1. The summed E-state index contributed by atoms with van der Waals surface area (Å²) in [6.45, 7) is 4.96. The Balaban J connectivity index is 1.70. The molecule has 3 heteroatoms. The van der Waals surface area contributed by atoms with Crippen LogP contribution in [0.15, 0.2) is 24.3 Å². The third-order valence-electron chi connectivity index (χ3n) is 5.90. The summed E-state index contributed by atoms with van der Waals surface area (Å²) in [6, 6.07) is 8.75. The fourth-order valence-electron chi connectivity index (χ4n) is 4.64. The molecule has 2 unspecified atom stereocenters. The highest BCUT2D eigenvalue weighted by Gasteiger charge is 2.36. The first kappa shape index (κ1) is 15.6. The molecule has 1 aromatic heterocycles. The molecule has 0 bridgehead atoms. The van der Waals surface area contributed by atoms with Gasteiger partial charge in [0.1, 0.15) is 0 Å². The number of carbonyl (C=O) groups excluding carboxylic acids is 1. The number of aryl methyl sites for hydroxylation is 2. The van der Waals surface area contributed by atoms with Crippen molar-refractivity contribution in [1.82, 2.24) is 9.88 Å². The maximum absolute atomic E-state index is 13.3. The second-order valence-electron chi connectivity index (χ2n) is 7.57. The number of carbonyl (C=O) groups is 1. The Morgan fingerprint density at radius 3 is 2.75 bits per heavy atom. The van der Waals surface area contributed by atoms with E-state index in [4.69, 9.17) is 0 Å². The predicted molar refractivity (Wildman–Crippen MR) is 97.2 cm³/mol. The molecule has 0 radical (unpaired) electrons. The normalized spacial score (nSPS) is 24.0. The molecule has 1 aliphatic carbocycles. The van der Waals surface area contributed by atoms with Crippen molar-refractivity contribution in [2.75, 3.05) is 6.54 Å². The molecule has 0 N–H and O–H groups in total. The van der Waals surface area contributed by atoms with Crippen LogP contribution in [0.1, 0.15) is 60.1 Å². The van der Waals surface area contributed by atoms with Gasteiger partial charge in [-0.25, -0.2) is 0 Å². The predicted octanol–water partition coefficient (Wildman–Crippen LogP) is 4.65. The van der Waals surface area contributed by atoms with Gasteiger partial charge in [0.05, 0.1) is 16.8 Å². The van der Waals surface area contributed by atoms with Gasteiger partial charge in [0.15, 0.2) is 0 Å². The number of fused-ring (bicyclic) bond motifs is 2. The van der Waals surface area contributed by atoms with E-state index in [1.54, 1.807) is 0 Å². The standard InChI is InChI=1S/C21H26N2O/c1-14-9-10-19-17(12-14)13-18(15(2)22-19)21(24)23-11-5-7-16-6-3-4-8-20(16)23/h9-10,12-13,16,20H,3-8,11H2,1-2H3. The van der Waals surface area contributed by atoms with Crippen LogP contribution in [0.5, 0.6) is 0 Å². The lowest BCUT2D eigenvalue weighted by Crippen LogP contribution is -2.49. The number of rotatable bonds is 1. The third-order valence-corrected chi connectivity index (χ3v) is 5.90. The summed E-state index contributed by atoms with van der Waals surface area (Å²) in [6.07, 6.45) is 7.50. The molecule has 1 saturated carbocycles. The van der Waals surface area contributed by atoms with Crippen LogP contribution in [0.3, 0.4) is 0 Å². The summed E-state index contributed by atoms with van der Waals surface area (Å²) in [7, 11) is 0. The van der Waals surface area contributed by atoms with Crippen LogP contribution in [0, 0.1) is 19.8 Å². The second kappa shape index (κ2) is 6.19. The van der Waals surface area contributed by atoms with Gasteiger partial charge in [-0.2, -0.15) is 0 Å². The van der Waals surface area contributed by atoms with Gasteiger partial charge in [0.2, 0.25) is 0 Å². The molecule has 0 spiro atoms. The Bertz CT molecular complexity index is 781. The van der Waals surface area contributed by atoms with Crippen LogP contribution in [0.2, 0.25) is 0 Å². The van der Waals surface area contributed by atoms with Crippen molar-refractivity contribution < 1.29 is 4.79 Å². The van der Waals surface area contributed by atoms with E-state index in [1.807, 2.05) is 13.0 Å². The first-order valence-corrected chi connectivity index (χ1v) is 9.32. The van der Waals surface area contributed by atoms with Gasteiger partial charge in [0.25, 0.3) is 5.91 Å². The van der Waals surface area contributed by atoms with E-state index in [0.717, 1.165) is 35.1 Å². The van der Waals surface area contributed by atoms with Crippen LogP contribution in [0.4, 0.5) is 0 Å². The molecular weight excluding hydrogens is 296 g/mol. The molecule has 2 fully saturated rings. The molecule has 2 aromatic rings. The van der Waals surface area contributed by atoms with Gasteiger partial charge >= 0.3 is 0 Å². The number of pyridine rings is 1. The van der Waals surface area contributed by atoms with Crippen LogP contribution in [-0.2, 0) is 0 Å². The highest BCUT2D eigenvalue weighted by Crippen LogP contribution is 2.36. The van der Waals surface area contributed by atoms with Crippen molar-refractivity contribution in [2.24, 2.45) is 5.92 Å². The van der Waals surface area contributed by atoms with E-state index >= 15 is 0 Å². The molecule has 1 amide bonds. The average molecular weight is 322 g/mol. The van der Waals surface area contributed by atoms with Gasteiger partial charge in [-0.15, -0.1) is 0 Å². The molecule has 24 heavy (non-hydrogen) atoms. The van der Waals surface area contributed by atoms with Crippen LogP contribution < -0.4 is 0 Å². The molecule has 2 atom stereocenters. The number of amides is 1. The zero-order valence-corrected chi connectivity index (χ0v) is 14.7. The minimum atomic E-state index is 0.194. The number of likely N-dealkylation sites (tertiary alicyclic amines) is 1. The fourth-order valence-corrected chi connectivity index (χ4v) is 4.64. The van der Waals surface area contributed by atoms with Crippen LogP contribution >= 0.6 is 0 Å². The molecular formula is C21H26N2O. The van der Waals surface area contributed by atoms with Crippen molar-refractivity contribution >= 4 is 16.8 Å². The molecule has 1 saturated heterocycles. The van der Waals surface area contributed by atoms with Gasteiger partial charge in [-0.3, -0.25) is 9.78 Å². The number of benzene rings is 1. The van der Waals surface area contributed by atoms with Crippen molar-refractivity contribution in [1.29, 1.82) is 0 Å². The Morgan fingerprint density at radius 1 is 1.08 bits per heavy atom. The number of hydrogen-bond acceptors (Lipinski definition) is 2. The van der Waals surface area contributed by atoms with Gasteiger partial charge < -0.3 is 4.90 Å². The summed E-state index contributed by atoms with van der Waals surface area (Å²) < 4.78 is 0. The smallest absolute Gasteiger partial charge is 0.255 e. The topological polar surface area (TPSA) is 33.2 Å². The highest BCUT2D eigenvalue weighted by molar-refractivity contribution is 5.99. The summed E-state index contributed by atoms with van der Waals surface area (Å²) in [5.74, 6) is 0.910. The van der Waals surface area contributed by atoms with Gasteiger partial charge in [-0.05, 0) is 63.6 Å². The van der Waals surface area contributed by atoms with Crippen LogP contribution in [0.25, 0.3) is 10.9 Å². The maximum atomic E-state index is 13.3. The lowest BCUT2D eigenvalue weighted by molar-refractivity contribution is 0.0390. The number of piperidine rings is 1. The van der Waals surface area contributed by atoms with Crippen molar-refractivity contribution in [3.8, 4) is 0 Å². The quantitative estimate of drug-likeness (QED) is 0.766. The second-order valence-corrected chi connectivity index (χ2v) is 7.57. The van der Waals surface area contributed by atoms with E-state index in [1.165, 1.54) is 37.7 Å². The minimum absolute atomic E-state index is 0.194. The Morgan fingerprint density at radius 2 is 1.88 bits per heavy atom. The molecule has 2 heterocycles. The maximum Gasteiger partial charge on any atom is 0.255 e. The third kappa shape index (κ3) is 2.70. The number of nitrogens with zero attached hydrogens (tertiary/aromatic N) is 2. The largest absolute Gasteiger partial charge is 0.335 e. The van der Waals surface area contributed by atoms with E-state index in [0.29, 0.717) is 12.0 Å². The summed E-state index contributed by atoms with van der Waals surface area (Å²) in [5, 5.41) is 1.07. The molecule has 1 aliphatic heterocycles. The van der Waals surface area contributed by atoms with Crippen molar-refractivity contribution in [3.63, 3.8) is 0 Å². The van der Waals surface area contributed by atoms with Crippen LogP contribution in [-0.4, -0.2) is 28.4 Å². The fraction of sp³-hybridized carbons (Fsp3) is 0.524. The molecule has 1 aromatic carbocycles. The van der Waals surface area contributed by atoms with E-state index in [9.17, 15) is 4.79 Å². The lowest BCUT2D eigenvalue weighted by atomic mass is 9.78. The average Bonchev–Trinajstić information content (AvgIpc) is 2.60. The molecule has 126 valence electrons. The van der Waals surface area contributed by atoms with Gasteiger partial charge in [0, 0.05) is 18.0 Å². The minimum Gasteiger partial charge on any atom is -0.335 e.